The molecule has 0 bridgehead atoms. The van der Waals surface area contributed by atoms with E-state index >= 15 is 0 Å². The second-order valence-electron chi connectivity index (χ2n) is 4.28. The summed E-state index contributed by atoms with van der Waals surface area (Å²) in [5.74, 6) is 0.744. The van der Waals surface area contributed by atoms with Crippen LogP contribution in [0.1, 0.15) is 21.5 Å². The van der Waals surface area contributed by atoms with Crippen molar-refractivity contribution in [3.63, 3.8) is 0 Å². The summed E-state index contributed by atoms with van der Waals surface area (Å²) in [5, 5.41) is 3.86. The molecule has 20 heavy (non-hydrogen) atoms. The van der Waals surface area contributed by atoms with E-state index in [0.717, 1.165) is 15.6 Å². The third-order valence-corrected chi connectivity index (χ3v) is 4.32. The topological polar surface area (TPSA) is 35.5 Å². The number of benzene rings is 1. The molecule has 0 saturated heterocycles. The number of ether oxygens (including phenoxy) is 2. The summed E-state index contributed by atoms with van der Waals surface area (Å²) < 4.78 is 11.3. The lowest BCUT2D eigenvalue weighted by Gasteiger charge is -2.09. The fourth-order valence-corrected chi connectivity index (χ4v) is 3.06. The van der Waals surface area contributed by atoms with E-state index in [-0.39, 0.29) is 5.78 Å². The minimum absolute atomic E-state index is 0.0351. The van der Waals surface area contributed by atoms with Gasteiger partial charge in [0, 0.05) is 23.6 Å². The first-order chi connectivity index (χ1) is 9.63. The van der Waals surface area contributed by atoms with Gasteiger partial charge in [-0.1, -0.05) is 0 Å². The number of ketones is 1. The second kappa shape index (κ2) is 7.02. The van der Waals surface area contributed by atoms with Gasteiger partial charge in [0.15, 0.2) is 5.78 Å². The van der Waals surface area contributed by atoms with Crippen LogP contribution in [0.4, 0.5) is 0 Å². The normalized spacial score (nSPS) is 10.6. The first kappa shape index (κ1) is 15.2. The van der Waals surface area contributed by atoms with E-state index in [2.05, 4.69) is 15.9 Å². The molecule has 0 amide bonds. The zero-order valence-electron chi connectivity index (χ0n) is 11.3. The molecule has 0 aliphatic carbocycles. The number of methoxy groups -OCH3 is 1. The molecule has 0 saturated carbocycles. The van der Waals surface area contributed by atoms with Gasteiger partial charge in [0.05, 0.1) is 11.1 Å². The van der Waals surface area contributed by atoms with Crippen molar-refractivity contribution < 1.29 is 14.3 Å². The maximum atomic E-state index is 12.4. The van der Waals surface area contributed by atoms with Gasteiger partial charge >= 0.3 is 0 Å². The van der Waals surface area contributed by atoms with E-state index in [0.29, 0.717) is 24.5 Å². The van der Waals surface area contributed by atoms with E-state index in [1.54, 1.807) is 25.3 Å². The van der Waals surface area contributed by atoms with Crippen LogP contribution in [0, 0.1) is 6.92 Å². The average molecular weight is 355 g/mol. The molecule has 106 valence electrons. The minimum atomic E-state index is 0.0351. The van der Waals surface area contributed by atoms with Gasteiger partial charge in [0.25, 0.3) is 0 Å². The van der Waals surface area contributed by atoms with E-state index in [9.17, 15) is 4.79 Å². The molecular formula is C15H15BrO3S. The summed E-state index contributed by atoms with van der Waals surface area (Å²) in [6.07, 6.45) is 0. The maximum absolute atomic E-state index is 12.4. The highest BCUT2D eigenvalue weighted by atomic mass is 79.9. The molecule has 0 unspecified atom stereocenters. The predicted molar refractivity (Wildman–Crippen MR) is 84.0 cm³/mol. The van der Waals surface area contributed by atoms with Crippen molar-refractivity contribution in [2.24, 2.45) is 0 Å². The summed E-state index contributed by atoms with van der Waals surface area (Å²) >= 11 is 4.97. The van der Waals surface area contributed by atoms with Gasteiger partial charge < -0.3 is 9.47 Å². The quantitative estimate of drug-likeness (QED) is 0.579. The van der Waals surface area contributed by atoms with Crippen molar-refractivity contribution in [1.82, 2.24) is 0 Å². The molecule has 0 radical (unpaired) electrons. The first-order valence-corrected chi connectivity index (χ1v) is 7.86. The summed E-state index contributed by atoms with van der Waals surface area (Å²) in [7, 11) is 1.63. The van der Waals surface area contributed by atoms with Crippen molar-refractivity contribution in [2.45, 2.75) is 6.92 Å². The van der Waals surface area contributed by atoms with Gasteiger partial charge in [-0.15, -0.1) is 0 Å². The molecule has 3 nitrogen and oxygen atoms in total. The zero-order chi connectivity index (χ0) is 14.5. The van der Waals surface area contributed by atoms with Crippen LogP contribution >= 0.6 is 27.3 Å². The minimum Gasteiger partial charge on any atom is -0.490 e. The summed E-state index contributed by atoms with van der Waals surface area (Å²) in [5.41, 5.74) is 2.42. The third kappa shape index (κ3) is 3.48. The van der Waals surface area contributed by atoms with E-state index in [1.807, 2.05) is 17.7 Å². The largest absolute Gasteiger partial charge is 0.490 e. The van der Waals surface area contributed by atoms with Crippen LogP contribution in [-0.2, 0) is 4.74 Å². The number of hydrogen-bond acceptors (Lipinski definition) is 4. The van der Waals surface area contributed by atoms with Crippen LogP contribution in [0.5, 0.6) is 5.75 Å². The second-order valence-corrected chi connectivity index (χ2v) is 5.88. The van der Waals surface area contributed by atoms with Gasteiger partial charge in [0.2, 0.25) is 0 Å². The molecule has 5 heteroatoms. The molecule has 1 aromatic carbocycles. The molecule has 1 aromatic heterocycles. The lowest BCUT2D eigenvalue weighted by molar-refractivity contribution is 0.103. The standard InChI is InChI=1S/C15H15BrO3S/c1-10-8-20-9-12(10)15(17)11-3-4-14(13(16)7-11)19-6-5-18-2/h3-4,7-9H,5-6H2,1-2H3. The average Bonchev–Trinajstić information content (AvgIpc) is 2.86. The van der Waals surface area contributed by atoms with Gasteiger partial charge in [-0.3, -0.25) is 4.79 Å². The smallest absolute Gasteiger partial charge is 0.194 e. The van der Waals surface area contributed by atoms with Crippen LogP contribution in [0.15, 0.2) is 33.4 Å². The van der Waals surface area contributed by atoms with Crippen molar-refractivity contribution in [2.75, 3.05) is 20.3 Å². The van der Waals surface area contributed by atoms with Crippen LogP contribution in [0.25, 0.3) is 0 Å². The Bertz CT molecular complexity index is 607. The van der Waals surface area contributed by atoms with E-state index in [1.165, 1.54) is 11.3 Å². The summed E-state index contributed by atoms with van der Waals surface area (Å²) in [6.45, 7) is 2.95. The Morgan fingerprint density at radius 1 is 1.30 bits per heavy atom. The van der Waals surface area contributed by atoms with Crippen LogP contribution in [-0.4, -0.2) is 26.1 Å². The third-order valence-electron chi connectivity index (χ3n) is 2.84. The number of thiophene rings is 1. The van der Waals surface area contributed by atoms with Crippen LogP contribution < -0.4 is 4.74 Å². The van der Waals surface area contributed by atoms with E-state index < -0.39 is 0 Å². The molecule has 2 aromatic rings. The number of halogens is 1. The predicted octanol–water partition coefficient (Wildman–Crippen LogP) is 4.08. The number of rotatable bonds is 6. The number of hydrogen-bond donors (Lipinski definition) is 0. The van der Waals surface area contributed by atoms with Gasteiger partial charge in [0.1, 0.15) is 12.4 Å². The van der Waals surface area contributed by atoms with Crippen molar-refractivity contribution in [3.05, 3.63) is 50.1 Å². The Hall–Kier alpha value is -1.17. The van der Waals surface area contributed by atoms with Crippen LogP contribution in [0.3, 0.4) is 0 Å². The molecule has 0 spiro atoms. The lowest BCUT2D eigenvalue weighted by Crippen LogP contribution is -2.06. The van der Waals surface area contributed by atoms with Gasteiger partial charge in [-0.2, -0.15) is 11.3 Å². The number of carbonyl (C=O) groups is 1. The molecule has 0 aliphatic heterocycles. The summed E-state index contributed by atoms with van der Waals surface area (Å²) in [6, 6.07) is 5.38. The number of carbonyl (C=O) groups excluding carboxylic acids is 1. The Labute approximate surface area is 130 Å². The molecular weight excluding hydrogens is 340 g/mol. The highest BCUT2D eigenvalue weighted by Crippen LogP contribution is 2.28. The zero-order valence-corrected chi connectivity index (χ0v) is 13.7. The molecule has 0 aliphatic rings. The Morgan fingerprint density at radius 2 is 2.10 bits per heavy atom. The SMILES string of the molecule is COCCOc1ccc(C(=O)c2cscc2C)cc1Br. The Morgan fingerprint density at radius 3 is 2.70 bits per heavy atom. The van der Waals surface area contributed by atoms with Crippen molar-refractivity contribution in [3.8, 4) is 5.75 Å². The number of aryl methyl sites for hydroxylation is 1. The fourth-order valence-electron chi connectivity index (χ4n) is 1.74. The fraction of sp³-hybridized carbons (Fsp3) is 0.267. The molecule has 0 atom stereocenters. The van der Waals surface area contributed by atoms with E-state index in [4.69, 9.17) is 9.47 Å². The monoisotopic (exact) mass is 354 g/mol. The molecule has 1 heterocycles. The van der Waals surface area contributed by atoms with Crippen molar-refractivity contribution >= 4 is 33.0 Å². The summed E-state index contributed by atoms with van der Waals surface area (Å²) in [4.78, 5) is 12.4. The van der Waals surface area contributed by atoms with Gasteiger partial charge in [-0.25, -0.2) is 0 Å². The molecule has 2 rings (SSSR count). The van der Waals surface area contributed by atoms with Crippen molar-refractivity contribution in [1.29, 1.82) is 0 Å². The van der Waals surface area contributed by atoms with Gasteiger partial charge in [-0.05, 0) is 52.0 Å². The van der Waals surface area contributed by atoms with Crippen LogP contribution in [0.2, 0.25) is 0 Å². The lowest BCUT2D eigenvalue weighted by atomic mass is 10.0. The first-order valence-electron chi connectivity index (χ1n) is 6.12. The molecule has 0 fully saturated rings. The highest BCUT2D eigenvalue weighted by Gasteiger charge is 2.14. The molecule has 0 N–H and O–H groups in total. The highest BCUT2D eigenvalue weighted by molar-refractivity contribution is 9.10. The Balaban J connectivity index is 2.16. The maximum Gasteiger partial charge on any atom is 0.194 e. The Kier molecular flexibility index (Phi) is 5.34.